The first-order valence-corrected chi connectivity index (χ1v) is 10.0. The molecule has 2 amide bonds. The normalized spacial score (nSPS) is 14.8. The van der Waals surface area contributed by atoms with Crippen molar-refractivity contribution in [2.45, 2.75) is 38.3 Å². The van der Waals surface area contributed by atoms with Crippen molar-refractivity contribution in [1.29, 1.82) is 0 Å². The Morgan fingerprint density at radius 3 is 2.52 bits per heavy atom. The Hall–Kier alpha value is -3.21. The van der Waals surface area contributed by atoms with Crippen LogP contribution >= 0.6 is 0 Å². The smallest absolute Gasteiger partial charge is 0.387 e. The quantitative estimate of drug-likeness (QED) is 0.634. The number of fused-ring (bicyclic) bond motifs is 1. The van der Waals surface area contributed by atoms with Gasteiger partial charge in [0.15, 0.2) is 0 Å². The van der Waals surface area contributed by atoms with Gasteiger partial charge in [0, 0.05) is 26.2 Å². The summed E-state index contributed by atoms with van der Waals surface area (Å²) in [6.45, 7) is 2.36. The summed E-state index contributed by atoms with van der Waals surface area (Å²) in [4.78, 5) is 31.7. The second-order valence-corrected chi connectivity index (χ2v) is 8.59. The minimum absolute atomic E-state index is 0.0586. The standard InChI is InChI=1S/C22H24F4N4O3/c1-21(2,33)17(23)11-30-10-12-8-15(16(29(3)4)9-13(12)20(30)32)28-19(31)14-6-5-7-18(27-14)22(24,25)26/h5-9,17,33H,10-11H2,1-4H3,(H,28,31)/t17-/m1/s1. The lowest BCUT2D eigenvalue weighted by atomic mass is 10.0. The predicted molar refractivity (Wildman–Crippen MR) is 114 cm³/mol. The second-order valence-electron chi connectivity index (χ2n) is 8.59. The molecule has 178 valence electrons. The maximum Gasteiger partial charge on any atom is 0.433 e. The minimum atomic E-state index is -4.69. The second kappa shape index (κ2) is 8.62. The molecule has 11 heteroatoms. The molecule has 1 aromatic heterocycles. The Labute approximate surface area is 188 Å². The highest BCUT2D eigenvalue weighted by Crippen LogP contribution is 2.34. The molecule has 2 N–H and O–H groups in total. The summed E-state index contributed by atoms with van der Waals surface area (Å²) in [5.74, 6) is -1.27. The summed E-state index contributed by atoms with van der Waals surface area (Å²) in [6, 6.07) is 6.09. The first kappa shape index (κ1) is 24.4. The first-order valence-electron chi connectivity index (χ1n) is 10.0. The van der Waals surface area contributed by atoms with Crippen molar-refractivity contribution in [3.8, 4) is 0 Å². The maximum absolute atomic E-state index is 14.3. The highest BCUT2D eigenvalue weighted by molar-refractivity contribution is 6.06. The lowest BCUT2D eigenvalue weighted by Crippen LogP contribution is -2.42. The molecule has 0 saturated carbocycles. The van der Waals surface area contributed by atoms with Gasteiger partial charge in [0.1, 0.15) is 17.6 Å². The molecule has 33 heavy (non-hydrogen) atoms. The molecular weight excluding hydrogens is 444 g/mol. The van der Waals surface area contributed by atoms with E-state index in [4.69, 9.17) is 0 Å². The lowest BCUT2D eigenvalue weighted by molar-refractivity contribution is -0.141. The fourth-order valence-corrected chi connectivity index (χ4v) is 3.35. The van der Waals surface area contributed by atoms with Crippen LogP contribution in [0.25, 0.3) is 0 Å². The van der Waals surface area contributed by atoms with E-state index in [2.05, 4.69) is 10.3 Å². The van der Waals surface area contributed by atoms with E-state index in [0.29, 0.717) is 16.8 Å². The summed E-state index contributed by atoms with van der Waals surface area (Å²) in [5, 5.41) is 12.4. The van der Waals surface area contributed by atoms with Crippen molar-refractivity contribution in [3.63, 3.8) is 0 Å². The van der Waals surface area contributed by atoms with Gasteiger partial charge < -0.3 is 20.2 Å². The molecule has 7 nitrogen and oxygen atoms in total. The monoisotopic (exact) mass is 468 g/mol. The van der Waals surface area contributed by atoms with E-state index in [1.54, 1.807) is 19.0 Å². The predicted octanol–water partition coefficient (Wildman–Crippen LogP) is 3.48. The zero-order chi connectivity index (χ0) is 24.7. The average Bonchev–Trinajstić information content (AvgIpc) is 3.00. The van der Waals surface area contributed by atoms with Gasteiger partial charge in [-0.15, -0.1) is 0 Å². The van der Waals surface area contributed by atoms with Crippen LogP contribution in [0.15, 0.2) is 30.3 Å². The molecule has 0 radical (unpaired) electrons. The number of amides is 2. The van der Waals surface area contributed by atoms with Crippen molar-refractivity contribution >= 4 is 23.2 Å². The fraction of sp³-hybridized carbons (Fsp3) is 0.409. The van der Waals surface area contributed by atoms with Gasteiger partial charge in [-0.05, 0) is 43.7 Å². The van der Waals surface area contributed by atoms with Gasteiger partial charge in [-0.2, -0.15) is 13.2 Å². The highest BCUT2D eigenvalue weighted by atomic mass is 19.4. The largest absolute Gasteiger partial charge is 0.433 e. The van der Waals surface area contributed by atoms with Gasteiger partial charge in [0.25, 0.3) is 11.8 Å². The van der Waals surface area contributed by atoms with Crippen molar-refractivity contribution in [1.82, 2.24) is 9.88 Å². The van der Waals surface area contributed by atoms with Crippen molar-refractivity contribution in [2.75, 3.05) is 30.9 Å². The van der Waals surface area contributed by atoms with E-state index in [-0.39, 0.29) is 18.8 Å². The van der Waals surface area contributed by atoms with Crippen LogP contribution in [0.4, 0.5) is 28.9 Å². The van der Waals surface area contributed by atoms with Gasteiger partial charge in [-0.1, -0.05) is 6.07 Å². The molecule has 2 heterocycles. The molecule has 0 spiro atoms. The number of rotatable bonds is 6. The van der Waals surface area contributed by atoms with Crippen molar-refractivity contribution < 1.29 is 32.3 Å². The highest BCUT2D eigenvalue weighted by Gasteiger charge is 2.36. The van der Waals surface area contributed by atoms with Crippen LogP contribution in [0.3, 0.4) is 0 Å². The summed E-state index contributed by atoms with van der Waals surface area (Å²) >= 11 is 0. The number of nitrogens with one attached hydrogen (secondary N) is 1. The first-order chi connectivity index (χ1) is 15.2. The number of benzene rings is 1. The van der Waals surface area contributed by atoms with Crippen LogP contribution in [-0.2, 0) is 12.7 Å². The van der Waals surface area contributed by atoms with Gasteiger partial charge in [0.2, 0.25) is 0 Å². The third-order valence-electron chi connectivity index (χ3n) is 5.25. The summed E-state index contributed by atoms with van der Waals surface area (Å²) < 4.78 is 53.1. The van der Waals surface area contributed by atoms with E-state index in [0.717, 1.165) is 18.2 Å². The third-order valence-corrected chi connectivity index (χ3v) is 5.25. The molecule has 0 aliphatic carbocycles. The Morgan fingerprint density at radius 1 is 1.27 bits per heavy atom. The van der Waals surface area contributed by atoms with Crippen LogP contribution < -0.4 is 10.2 Å². The topological polar surface area (TPSA) is 85.8 Å². The molecule has 0 unspecified atom stereocenters. The number of pyridine rings is 1. The lowest BCUT2D eigenvalue weighted by Gasteiger charge is -2.26. The van der Waals surface area contributed by atoms with Gasteiger partial charge in [0.05, 0.1) is 23.5 Å². The summed E-state index contributed by atoms with van der Waals surface area (Å²) in [5.41, 5.74) is -1.71. The van der Waals surface area contributed by atoms with E-state index in [1.807, 2.05) is 0 Å². The number of carbonyl (C=O) groups is 2. The molecule has 0 bridgehead atoms. The van der Waals surface area contributed by atoms with Crippen molar-refractivity contribution in [3.05, 3.63) is 52.8 Å². The van der Waals surface area contributed by atoms with Crippen LogP contribution in [0.2, 0.25) is 0 Å². The molecule has 0 saturated heterocycles. The number of aliphatic hydroxyl groups is 1. The number of aromatic nitrogens is 1. The Kier molecular flexibility index (Phi) is 6.38. The molecule has 1 aromatic carbocycles. The summed E-state index contributed by atoms with van der Waals surface area (Å²) in [6.07, 6.45) is -6.37. The Bertz CT molecular complexity index is 1080. The minimum Gasteiger partial charge on any atom is -0.387 e. The number of alkyl halides is 4. The molecule has 1 aliphatic heterocycles. The van der Waals surface area contributed by atoms with Crippen LogP contribution in [0.1, 0.15) is 46.0 Å². The van der Waals surface area contributed by atoms with E-state index in [1.165, 1.54) is 30.9 Å². The number of anilines is 2. The zero-order valence-corrected chi connectivity index (χ0v) is 18.5. The van der Waals surface area contributed by atoms with Crippen LogP contribution in [0, 0.1) is 0 Å². The molecular formula is C22H24F4N4O3. The Balaban J connectivity index is 1.89. The van der Waals surface area contributed by atoms with Gasteiger partial charge in [-0.25, -0.2) is 9.37 Å². The number of hydrogen-bond donors (Lipinski definition) is 2. The van der Waals surface area contributed by atoms with Crippen molar-refractivity contribution in [2.24, 2.45) is 0 Å². The zero-order valence-electron chi connectivity index (χ0n) is 18.5. The van der Waals surface area contributed by atoms with E-state index < -0.39 is 41.2 Å². The third kappa shape index (κ3) is 5.24. The summed E-state index contributed by atoms with van der Waals surface area (Å²) in [7, 11) is 3.34. The van der Waals surface area contributed by atoms with Gasteiger partial charge >= 0.3 is 6.18 Å². The molecule has 1 aliphatic rings. The van der Waals surface area contributed by atoms with E-state index >= 15 is 0 Å². The van der Waals surface area contributed by atoms with E-state index in [9.17, 15) is 32.3 Å². The van der Waals surface area contributed by atoms with Crippen LogP contribution in [0.5, 0.6) is 0 Å². The van der Waals surface area contributed by atoms with Gasteiger partial charge in [-0.3, -0.25) is 9.59 Å². The Morgan fingerprint density at radius 2 is 1.94 bits per heavy atom. The number of halogens is 4. The molecule has 0 fully saturated rings. The van der Waals surface area contributed by atoms with Crippen LogP contribution in [-0.4, -0.2) is 59.2 Å². The number of hydrogen-bond acceptors (Lipinski definition) is 5. The molecule has 1 atom stereocenters. The molecule has 2 aromatic rings. The number of carbonyl (C=O) groups excluding carboxylic acids is 2. The fourth-order valence-electron chi connectivity index (χ4n) is 3.35. The number of nitrogens with zero attached hydrogens (tertiary/aromatic N) is 3. The SMILES string of the molecule is CN(C)c1cc2c(cc1NC(=O)c1cccc(C(F)(F)F)n1)CN(C[C@@H](F)C(C)(C)O)C2=O. The maximum atomic E-state index is 14.3. The molecule has 3 rings (SSSR count). The average molecular weight is 468 g/mol.